The van der Waals surface area contributed by atoms with E-state index in [0.717, 1.165) is 4.90 Å². The third-order valence-corrected chi connectivity index (χ3v) is 3.18. The SMILES string of the molecule is COc1ccc(S[C@@H](C)C(N)=O)cc1OC. The predicted molar refractivity (Wildman–Crippen MR) is 64.1 cm³/mol. The number of carbonyl (C=O) groups is 1. The lowest BCUT2D eigenvalue weighted by Crippen LogP contribution is -2.22. The maximum Gasteiger partial charge on any atom is 0.230 e. The normalized spacial score (nSPS) is 11.9. The Kier molecular flexibility index (Phi) is 4.49. The molecule has 0 fully saturated rings. The number of thioether (sulfide) groups is 1. The summed E-state index contributed by atoms with van der Waals surface area (Å²) in [5.41, 5.74) is 5.19. The second-order valence-electron chi connectivity index (χ2n) is 3.18. The number of rotatable bonds is 5. The van der Waals surface area contributed by atoms with Crippen molar-refractivity contribution in [2.24, 2.45) is 5.73 Å². The average molecular weight is 241 g/mol. The van der Waals surface area contributed by atoms with Crippen molar-refractivity contribution in [3.8, 4) is 11.5 Å². The fourth-order valence-corrected chi connectivity index (χ4v) is 2.00. The number of ether oxygens (including phenoxy) is 2. The lowest BCUT2D eigenvalue weighted by Gasteiger charge is -2.11. The zero-order valence-corrected chi connectivity index (χ0v) is 10.3. The summed E-state index contributed by atoms with van der Waals surface area (Å²) in [6.07, 6.45) is 0. The smallest absolute Gasteiger partial charge is 0.230 e. The highest BCUT2D eigenvalue weighted by Crippen LogP contribution is 2.33. The van der Waals surface area contributed by atoms with E-state index in [1.54, 1.807) is 27.2 Å². The lowest BCUT2D eigenvalue weighted by atomic mass is 10.3. The second-order valence-corrected chi connectivity index (χ2v) is 4.59. The van der Waals surface area contributed by atoms with Gasteiger partial charge in [-0.05, 0) is 25.1 Å². The molecule has 0 aliphatic heterocycles. The average Bonchev–Trinajstić information content (AvgIpc) is 2.28. The molecular formula is C11H15NO3S. The van der Waals surface area contributed by atoms with E-state index in [0.29, 0.717) is 11.5 Å². The van der Waals surface area contributed by atoms with Crippen molar-refractivity contribution in [3.63, 3.8) is 0 Å². The molecule has 0 bridgehead atoms. The molecule has 5 heteroatoms. The first kappa shape index (κ1) is 12.7. The van der Waals surface area contributed by atoms with E-state index in [-0.39, 0.29) is 11.2 Å². The van der Waals surface area contributed by atoms with E-state index in [1.807, 2.05) is 12.1 Å². The van der Waals surface area contributed by atoms with E-state index >= 15 is 0 Å². The highest BCUT2D eigenvalue weighted by atomic mass is 32.2. The Morgan fingerprint density at radius 2 is 1.94 bits per heavy atom. The number of nitrogens with two attached hydrogens (primary N) is 1. The van der Waals surface area contributed by atoms with E-state index in [4.69, 9.17) is 15.2 Å². The minimum atomic E-state index is -0.334. The van der Waals surface area contributed by atoms with Crippen LogP contribution in [-0.4, -0.2) is 25.4 Å². The van der Waals surface area contributed by atoms with Crippen LogP contribution in [0.5, 0.6) is 11.5 Å². The van der Waals surface area contributed by atoms with Crippen LogP contribution in [0.15, 0.2) is 23.1 Å². The molecule has 1 aromatic carbocycles. The van der Waals surface area contributed by atoms with Gasteiger partial charge in [-0.3, -0.25) is 4.79 Å². The van der Waals surface area contributed by atoms with Crippen LogP contribution in [0.2, 0.25) is 0 Å². The fraction of sp³-hybridized carbons (Fsp3) is 0.364. The van der Waals surface area contributed by atoms with Gasteiger partial charge in [0.2, 0.25) is 5.91 Å². The highest BCUT2D eigenvalue weighted by Gasteiger charge is 2.12. The van der Waals surface area contributed by atoms with Crippen LogP contribution in [0, 0.1) is 0 Å². The van der Waals surface area contributed by atoms with Crippen molar-refractivity contribution >= 4 is 17.7 Å². The summed E-state index contributed by atoms with van der Waals surface area (Å²) >= 11 is 1.39. The van der Waals surface area contributed by atoms with Gasteiger partial charge in [-0.2, -0.15) is 0 Å². The molecule has 0 heterocycles. The monoisotopic (exact) mass is 241 g/mol. The van der Waals surface area contributed by atoms with Crippen LogP contribution >= 0.6 is 11.8 Å². The van der Waals surface area contributed by atoms with Gasteiger partial charge in [0, 0.05) is 4.90 Å². The van der Waals surface area contributed by atoms with Crippen molar-refractivity contribution in [2.75, 3.05) is 14.2 Å². The van der Waals surface area contributed by atoms with Crippen molar-refractivity contribution in [1.29, 1.82) is 0 Å². The predicted octanol–water partition coefficient (Wildman–Crippen LogP) is 1.67. The standard InChI is InChI=1S/C11H15NO3S/c1-7(11(12)13)16-8-4-5-9(14-2)10(6-8)15-3/h4-7H,1-3H3,(H2,12,13)/t7-/m0/s1. The highest BCUT2D eigenvalue weighted by molar-refractivity contribution is 8.00. The van der Waals surface area contributed by atoms with Gasteiger partial charge >= 0.3 is 0 Å². The minimum Gasteiger partial charge on any atom is -0.493 e. The molecule has 0 unspecified atom stereocenters. The van der Waals surface area contributed by atoms with Gasteiger partial charge in [-0.15, -0.1) is 11.8 Å². The van der Waals surface area contributed by atoms with Crippen LogP contribution in [0.3, 0.4) is 0 Å². The van der Waals surface area contributed by atoms with E-state index in [1.165, 1.54) is 11.8 Å². The summed E-state index contributed by atoms with van der Waals surface area (Å²) in [6, 6.07) is 5.49. The summed E-state index contributed by atoms with van der Waals surface area (Å²) < 4.78 is 10.3. The van der Waals surface area contributed by atoms with Crippen molar-refractivity contribution in [3.05, 3.63) is 18.2 Å². The Morgan fingerprint density at radius 3 is 2.44 bits per heavy atom. The summed E-state index contributed by atoms with van der Waals surface area (Å²) in [4.78, 5) is 11.8. The number of primary amides is 1. The van der Waals surface area contributed by atoms with E-state index in [9.17, 15) is 4.79 Å². The van der Waals surface area contributed by atoms with Crippen LogP contribution in [0.25, 0.3) is 0 Å². The quantitative estimate of drug-likeness (QED) is 0.796. The van der Waals surface area contributed by atoms with E-state index < -0.39 is 0 Å². The molecule has 2 N–H and O–H groups in total. The van der Waals surface area contributed by atoms with Crippen LogP contribution in [0.4, 0.5) is 0 Å². The largest absolute Gasteiger partial charge is 0.493 e. The molecule has 1 aromatic rings. The third-order valence-electron chi connectivity index (χ3n) is 2.07. The van der Waals surface area contributed by atoms with Crippen molar-refractivity contribution in [1.82, 2.24) is 0 Å². The Morgan fingerprint density at radius 1 is 1.31 bits per heavy atom. The zero-order chi connectivity index (χ0) is 12.1. The van der Waals surface area contributed by atoms with Gasteiger partial charge in [0.15, 0.2) is 11.5 Å². The molecule has 0 spiro atoms. The first-order chi connectivity index (χ1) is 7.58. The molecule has 0 saturated carbocycles. The fourth-order valence-electron chi connectivity index (χ4n) is 1.15. The number of carbonyl (C=O) groups excluding carboxylic acids is 1. The van der Waals surface area contributed by atoms with Crippen molar-refractivity contribution in [2.45, 2.75) is 17.1 Å². The Balaban J connectivity index is 2.86. The summed E-state index contributed by atoms with van der Waals surface area (Å²) in [6.45, 7) is 1.77. The minimum absolute atomic E-state index is 0.266. The number of methoxy groups -OCH3 is 2. The molecule has 1 rings (SSSR count). The molecule has 0 aliphatic rings. The van der Waals surface area contributed by atoms with E-state index in [2.05, 4.69) is 0 Å². The van der Waals surface area contributed by atoms with Crippen LogP contribution in [0.1, 0.15) is 6.92 Å². The number of hydrogen-bond acceptors (Lipinski definition) is 4. The number of hydrogen-bond donors (Lipinski definition) is 1. The maximum absolute atomic E-state index is 10.9. The molecule has 16 heavy (non-hydrogen) atoms. The molecule has 88 valence electrons. The van der Waals surface area contributed by atoms with Gasteiger partial charge < -0.3 is 15.2 Å². The lowest BCUT2D eigenvalue weighted by molar-refractivity contribution is -0.117. The summed E-state index contributed by atoms with van der Waals surface area (Å²) in [7, 11) is 3.15. The maximum atomic E-state index is 10.9. The van der Waals surface area contributed by atoms with Gasteiger partial charge in [-0.1, -0.05) is 0 Å². The number of amides is 1. The third kappa shape index (κ3) is 3.06. The Hall–Kier alpha value is -1.36. The van der Waals surface area contributed by atoms with Gasteiger partial charge in [0.25, 0.3) is 0 Å². The van der Waals surface area contributed by atoms with Gasteiger partial charge in [0.05, 0.1) is 19.5 Å². The summed E-state index contributed by atoms with van der Waals surface area (Å²) in [5.74, 6) is 0.975. The second kappa shape index (κ2) is 5.65. The molecule has 4 nitrogen and oxygen atoms in total. The van der Waals surface area contributed by atoms with Crippen LogP contribution < -0.4 is 15.2 Å². The molecule has 0 aromatic heterocycles. The first-order valence-electron chi connectivity index (χ1n) is 4.76. The molecule has 1 amide bonds. The topological polar surface area (TPSA) is 61.5 Å². The zero-order valence-electron chi connectivity index (χ0n) is 9.52. The molecule has 1 atom stereocenters. The Bertz CT molecular complexity index is 381. The first-order valence-corrected chi connectivity index (χ1v) is 5.64. The molecule has 0 radical (unpaired) electrons. The van der Waals surface area contributed by atoms with Gasteiger partial charge in [-0.25, -0.2) is 0 Å². The van der Waals surface area contributed by atoms with Crippen molar-refractivity contribution < 1.29 is 14.3 Å². The van der Waals surface area contributed by atoms with Crippen LogP contribution in [-0.2, 0) is 4.79 Å². The summed E-state index contributed by atoms with van der Waals surface area (Å²) in [5, 5.41) is -0.266. The Labute approximate surface area is 99.1 Å². The number of benzene rings is 1. The molecular weight excluding hydrogens is 226 g/mol. The molecule has 0 aliphatic carbocycles. The molecule has 0 saturated heterocycles. The van der Waals surface area contributed by atoms with Gasteiger partial charge in [0.1, 0.15) is 0 Å².